The van der Waals surface area contributed by atoms with Gasteiger partial charge >= 0.3 is 0 Å². The monoisotopic (exact) mass is 302 g/mol. The second kappa shape index (κ2) is 5.68. The van der Waals surface area contributed by atoms with E-state index in [0.717, 1.165) is 38.5 Å². The van der Waals surface area contributed by atoms with E-state index in [2.05, 4.69) is 32.6 Å². The Labute approximate surface area is 125 Å². The summed E-state index contributed by atoms with van der Waals surface area (Å²) in [5.74, 6) is 0. The van der Waals surface area contributed by atoms with Crippen molar-refractivity contribution in [1.29, 1.82) is 0 Å². The van der Waals surface area contributed by atoms with Crippen LogP contribution in [-0.4, -0.2) is 21.5 Å². The third-order valence-corrected chi connectivity index (χ3v) is 4.80. The van der Waals surface area contributed by atoms with E-state index in [4.69, 9.17) is 0 Å². The van der Waals surface area contributed by atoms with E-state index in [0.29, 0.717) is 0 Å². The zero-order valence-electron chi connectivity index (χ0n) is 11.3. The summed E-state index contributed by atoms with van der Waals surface area (Å²) in [7, 11) is 0. The van der Waals surface area contributed by atoms with Crippen LogP contribution in [0, 0.1) is 6.92 Å². The summed E-state index contributed by atoms with van der Waals surface area (Å²) < 4.78 is 0. The maximum absolute atomic E-state index is 4.64. The Morgan fingerprint density at radius 1 is 1.30 bits per heavy atom. The molecule has 0 aliphatic heterocycles. The van der Waals surface area contributed by atoms with E-state index in [1.54, 1.807) is 28.9 Å². The largest absolute Gasteiger partial charge is 0.362 e. The van der Waals surface area contributed by atoms with Gasteiger partial charge in [-0.2, -0.15) is 0 Å². The summed E-state index contributed by atoms with van der Waals surface area (Å²) in [4.78, 5) is 14.5. The van der Waals surface area contributed by atoms with Gasteiger partial charge in [0.2, 0.25) is 0 Å². The Balaban J connectivity index is 1.96. The first-order valence-corrected chi connectivity index (χ1v) is 8.05. The second-order valence-electron chi connectivity index (χ2n) is 4.24. The average molecular weight is 302 g/mol. The molecule has 0 bridgehead atoms. The summed E-state index contributed by atoms with van der Waals surface area (Å²) >= 11 is 3.29. The van der Waals surface area contributed by atoms with Crippen molar-refractivity contribution >= 4 is 27.8 Å². The van der Waals surface area contributed by atoms with Crippen molar-refractivity contribution in [2.45, 2.75) is 13.8 Å². The number of thiazole rings is 2. The molecule has 0 aliphatic rings. The maximum Gasteiger partial charge on any atom is 0.183 e. The molecule has 0 spiro atoms. The van der Waals surface area contributed by atoms with Crippen molar-refractivity contribution in [2.24, 2.45) is 0 Å². The van der Waals surface area contributed by atoms with E-state index in [1.807, 2.05) is 25.3 Å². The van der Waals surface area contributed by atoms with Crippen molar-refractivity contribution < 1.29 is 0 Å². The molecule has 1 N–H and O–H groups in total. The molecule has 4 nitrogen and oxygen atoms in total. The number of aromatic nitrogens is 3. The normalized spacial score (nSPS) is 10.7. The van der Waals surface area contributed by atoms with E-state index in [-0.39, 0.29) is 0 Å². The number of rotatable bonds is 4. The van der Waals surface area contributed by atoms with E-state index >= 15 is 0 Å². The van der Waals surface area contributed by atoms with Crippen molar-refractivity contribution in [3.05, 3.63) is 35.6 Å². The third-order valence-electron chi connectivity index (χ3n) is 2.77. The molecule has 3 aromatic heterocycles. The SMILES string of the molecule is CCNc1nc(-c2sc(-c3cccnc3)nc2C)cs1. The molecule has 0 unspecified atom stereocenters. The summed E-state index contributed by atoms with van der Waals surface area (Å²) in [5, 5.41) is 7.26. The van der Waals surface area contributed by atoms with Crippen LogP contribution in [0.5, 0.6) is 0 Å². The van der Waals surface area contributed by atoms with E-state index < -0.39 is 0 Å². The molecule has 0 saturated heterocycles. The van der Waals surface area contributed by atoms with Gasteiger partial charge in [-0.1, -0.05) is 0 Å². The zero-order valence-corrected chi connectivity index (χ0v) is 12.9. The Kier molecular flexibility index (Phi) is 3.75. The molecule has 102 valence electrons. The molecule has 20 heavy (non-hydrogen) atoms. The number of nitrogens with zero attached hydrogens (tertiary/aromatic N) is 3. The van der Waals surface area contributed by atoms with Gasteiger partial charge in [0, 0.05) is 29.9 Å². The second-order valence-corrected chi connectivity index (χ2v) is 6.10. The highest BCUT2D eigenvalue weighted by Gasteiger charge is 2.14. The minimum absolute atomic E-state index is 0.884. The highest BCUT2D eigenvalue weighted by Crippen LogP contribution is 2.36. The lowest BCUT2D eigenvalue weighted by Gasteiger charge is -1.94. The van der Waals surface area contributed by atoms with Gasteiger partial charge in [-0.15, -0.1) is 22.7 Å². The fraction of sp³-hybridized carbons (Fsp3) is 0.214. The minimum atomic E-state index is 0.884. The Morgan fingerprint density at radius 2 is 2.20 bits per heavy atom. The lowest BCUT2D eigenvalue weighted by Crippen LogP contribution is -1.94. The van der Waals surface area contributed by atoms with Crippen LogP contribution in [0.15, 0.2) is 29.9 Å². The zero-order chi connectivity index (χ0) is 13.9. The average Bonchev–Trinajstić information content (AvgIpc) is 3.07. The fourth-order valence-electron chi connectivity index (χ4n) is 1.86. The van der Waals surface area contributed by atoms with Crippen LogP contribution >= 0.6 is 22.7 Å². The topological polar surface area (TPSA) is 50.7 Å². The number of nitrogens with one attached hydrogen (secondary N) is 1. The Morgan fingerprint density at radius 3 is 2.95 bits per heavy atom. The summed E-state index contributed by atoms with van der Waals surface area (Å²) in [6, 6.07) is 3.96. The van der Waals surface area contributed by atoms with Crippen molar-refractivity contribution in [3.63, 3.8) is 0 Å². The first-order valence-electron chi connectivity index (χ1n) is 6.35. The van der Waals surface area contributed by atoms with Crippen molar-refractivity contribution in [2.75, 3.05) is 11.9 Å². The molecule has 0 aliphatic carbocycles. The van der Waals surface area contributed by atoms with Crippen LogP contribution in [0.2, 0.25) is 0 Å². The third kappa shape index (κ3) is 2.57. The van der Waals surface area contributed by atoms with E-state index in [1.165, 1.54) is 0 Å². The fourth-order valence-corrected chi connectivity index (χ4v) is 3.72. The molecule has 0 radical (unpaired) electrons. The molecule has 0 atom stereocenters. The predicted molar refractivity (Wildman–Crippen MR) is 85.4 cm³/mol. The van der Waals surface area contributed by atoms with Gasteiger partial charge in [0.05, 0.1) is 16.3 Å². The van der Waals surface area contributed by atoms with Crippen molar-refractivity contribution in [3.8, 4) is 21.1 Å². The number of hydrogen-bond acceptors (Lipinski definition) is 6. The van der Waals surface area contributed by atoms with Gasteiger partial charge in [0.15, 0.2) is 5.13 Å². The number of pyridine rings is 1. The predicted octanol–water partition coefficient (Wildman–Crippen LogP) is 4.07. The molecule has 0 amide bonds. The Hall–Kier alpha value is -1.79. The summed E-state index contributed by atoms with van der Waals surface area (Å²) in [6.07, 6.45) is 3.61. The lowest BCUT2D eigenvalue weighted by molar-refractivity contribution is 1.19. The molecule has 0 fully saturated rings. The number of aryl methyl sites for hydroxylation is 1. The highest BCUT2D eigenvalue weighted by molar-refractivity contribution is 7.19. The minimum Gasteiger partial charge on any atom is -0.362 e. The maximum atomic E-state index is 4.64. The van der Waals surface area contributed by atoms with Crippen LogP contribution in [0.3, 0.4) is 0 Å². The van der Waals surface area contributed by atoms with Crippen LogP contribution in [0.25, 0.3) is 21.1 Å². The first kappa shape index (κ1) is 13.2. The molecule has 3 rings (SSSR count). The quantitative estimate of drug-likeness (QED) is 0.789. The Bertz CT molecular complexity index is 703. The van der Waals surface area contributed by atoms with Gasteiger partial charge in [-0.05, 0) is 26.0 Å². The lowest BCUT2D eigenvalue weighted by atomic mass is 10.3. The van der Waals surface area contributed by atoms with Crippen LogP contribution in [-0.2, 0) is 0 Å². The molecule has 3 aromatic rings. The summed E-state index contributed by atoms with van der Waals surface area (Å²) in [5.41, 5.74) is 3.06. The smallest absolute Gasteiger partial charge is 0.183 e. The van der Waals surface area contributed by atoms with Gasteiger partial charge in [0.1, 0.15) is 5.01 Å². The summed E-state index contributed by atoms with van der Waals surface area (Å²) in [6.45, 7) is 4.98. The molecule has 6 heteroatoms. The van der Waals surface area contributed by atoms with E-state index in [9.17, 15) is 0 Å². The first-order chi connectivity index (χ1) is 9.78. The van der Waals surface area contributed by atoms with Crippen LogP contribution < -0.4 is 5.32 Å². The molecular formula is C14H14N4S2. The van der Waals surface area contributed by atoms with Crippen molar-refractivity contribution in [1.82, 2.24) is 15.0 Å². The van der Waals surface area contributed by atoms with Crippen LogP contribution in [0.4, 0.5) is 5.13 Å². The van der Waals surface area contributed by atoms with Crippen LogP contribution in [0.1, 0.15) is 12.6 Å². The van der Waals surface area contributed by atoms with Gasteiger partial charge in [0.25, 0.3) is 0 Å². The number of anilines is 1. The van der Waals surface area contributed by atoms with Gasteiger partial charge < -0.3 is 5.32 Å². The molecule has 0 aromatic carbocycles. The molecule has 3 heterocycles. The highest BCUT2D eigenvalue weighted by atomic mass is 32.1. The van der Waals surface area contributed by atoms with Gasteiger partial charge in [-0.3, -0.25) is 4.98 Å². The van der Waals surface area contributed by atoms with Gasteiger partial charge in [-0.25, -0.2) is 9.97 Å². The number of hydrogen-bond donors (Lipinski definition) is 1. The molecular weight excluding hydrogens is 288 g/mol. The standard InChI is InChI=1S/C14H14N4S2/c1-3-16-14-18-11(8-19-14)12-9(2)17-13(20-12)10-5-4-6-15-7-10/h4-8H,3H2,1-2H3,(H,16,18). The molecule has 0 saturated carbocycles.